The number of rotatable bonds is 8. The molecule has 2 aromatic heterocycles. The van der Waals surface area contributed by atoms with E-state index >= 15 is 0 Å². The highest BCUT2D eigenvalue weighted by molar-refractivity contribution is 6.04. The maximum Gasteiger partial charge on any atom is 0.143 e. The molecule has 0 atom stereocenters. The van der Waals surface area contributed by atoms with Gasteiger partial charge in [0.05, 0.1) is 0 Å². The lowest BCUT2D eigenvalue weighted by atomic mass is 9.86. The summed E-state index contributed by atoms with van der Waals surface area (Å²) in [4.78, 5) is 0. The van der Waals surface area contributed by atoms with Gasteiger partial charge in [-0.1, -0.05) is 187 Å². The van der Waals surface area contributed by atoms with E-state index in [2.05, 4.69) is 217 Å². The van der Waals surface area contributed by atoms with Gasteiger partial charge in [0.25, 0.3) is 0 Å². The molecule has 2 heteroatoms. The molecule has 2 nitrogen and oxygen atoms in total. The second-order valence-electron chi connectivity index (χ2n) is 20.5. The first-order valence-corrected chi connectivity index (χ1v) is 28.3. The Morgan fingerprint density at radius 3 is 0.628 bits per heavy atom. The Labute approximate surface area is 502 Å². The summed E-state index contributed by atoms with van der Waals surface area (Å²) >= 11 is 0. The molecule has 0 N–H and O–H groups in total. The van der Waals surface area contributed by atoms with Crippen LogP contribution in [0.1, 0.15) is 50.1 Å². The Morgan fingerprint density at radius 1 is 0.186 bits per heavy atom. The molecule has 0 aliphatic rings. The molecular weight excluding hydrogens is 1040 g/mol. The van der Waals surface area contributed by atoms with Gasteiger partial charge in [-0.15, -0.1) is 6.42 Å². The van der Waals surface area contributed by atoms with Crippen molar-refractivity contribution < 1.29 is 8.83 Å². The largest absolute Gasteiger partial charge is 0.455 e. The average Bonchev–Trinajstić information content (AvgIpc) is 2.33. The fourth-order valence-corrected chi connectivity index (χ4v) is 10.5. The van der Waals surface area contributed by atoms with Gasteiger partial charge in [-0.05, 0) is 186 Å². The van der Waals surface area contributed by atoms with Crippen molar-refractivity contribution in [3.05, 3.63) is 347 Å². The fourth-order valence-electron chi connectivity index (χ4n) is 10.5. The van der Waals surface area contributed by atoms with Gasteiger partial charge >= 0.3 is 0 Å². The van der Waals surface area contributed by atoms with E-state index in [9.17, 15) is 0 Å². The molecular formula is C84H50O2. The first-order chi connectivity index (χ1) is 42.6. The third-order valence-electron chi connectivity index (χ3n) is 14.7. The zero-order valence-corrected chi connectivity index (χ0v) is 46.7. The minimum Gasteiger partial charge on any atom is -0.455 e. The molecule has 0 unspecified atom stereocenters. The van der Waals surface area contributed by atoms with Crippen LogP contribution in [-0.2, 0) is 0 Å². The van der Waals surface area contributed by atoms with Crippen LogP contribution in [-0.4, -0.2) is 0 Å². The summed E-state index contributed by atoms with van der Waals surface area (Å²) in [6.45, 7) is 0. The molecule has 0 bridgehead atoms. The van der Waals surface area contributed by atoms with Gasteiger partial charge in [-0.3, -0.25) is 0 Å². The molecule has 0 saturated heterocycles. The van der Waals surface area contributed by atoms with Crippen molar-refractivity contribution >= 4 is 0 Å². The molecule has 0 amide bonds. The molecule has 0 spiro atoms. The Hall–Kier alpha value is -12.2. The first-order valence-electron chi connectivity index (χ1n) is 28.3. The van der Waals surface area contributed by atoms with Gasteiger partial charge in [-0.2, -0.15) is 0 Å². The van der Waals surface area contributed by atoms with E-state index < -0.39 is 0 Å². The van der Waals surface area contributed by atoms with Crippen molar-refractivity contribution in [1.82, 2.24) is 0 Å². The maximum atomic E-state index is 7.38. The average molecular weight is 1090 g/mol. The van der Waals surface area contributed by atoms with E-state index in [1.165, 1.54) is 0 Å². The number of furan rings is 2. The first kappa shape index (κ1) is 53.1. The zero-order chi connectivity index (χ0) is 57.9. The topological polar surface area (TPSA) is 26.3 Å². The van der Waals surface area contributed by atoms with Gasteiger partial charge in [-0.25, -0.2) is 0 Å². The highest BCUT2D eigenvalue weighted by Crippen LogP contribution is 2.52. The van der Waals surface area contributed by atoms with E-state index in [1.807, 2.05) is 133 Å². The van der Waals surface area contributed by atoms with Crippen LogP contribution in [0.2, 0.25) is 0 Å². The summed E-state index contributed by atoms with van der Waals surface area (Å²) in [5, 5.41) is 0. The second kappa shape index (κ2) is 24.9. The van der Waals surface area contributed by atoms with Gasteiger partial charge in [0.15, 0.2) is 0 Å². The quantitative estimate of drug-likeness (QED) is 0.142. The van der Waals surface area contributed by atoms with Gasteiger partial charge in [0.2, 0.25) is 0 Å². The SMILES string of the molecule is C#Cc1cc(-c2c(-c3ccc(C#Cc4ccccc4)cc3)oc(-c3ccc(C#Cc4ccccc4)cc3)c2-c2ccccc2)cc(-c2c(-c3ccc(C#Cc4ccccc4)cc3)oc(-c3ccc(C#Cc4ccccc4)cc3)c2-c2ccccc2)c1. The molecule has 398 valence electrons. The lowest BCUT2D eigenvalue weighted by molar-refractivity contribution is 0.598. The predicted octanol–water partition coefficient (Wildman–Crippen LogP) is 19.8. The summed E-state index contributed by atoms with van der Waals surface area (Å²) in [7, 11) is 0. The van der Waals surface area contributed by atoms with Crippen molar-refractivity contribution in [2.75, 3.05) is 0 Å². The minimum absolute atomic E-state index is 0.675. The van der Waals surface area contributed by atoms with Crippen LogP contribution < -0.4 is 0 Å². The number of benzene rings is 11. The summed E-state index contributed by atoms with van der Waals surface area (Å²) < 4.78 is 14.8. The second-order valence-corrected chi connectivity index (χ2v) is 20.5. The smallest absolute Gasteiger partial charge is 0.143 e. The van der Waals surface area contributed by atoms with Crippen LogP contribution in [0.4, 0.5) is 0 Å². The van der Waals surface area contributed by atoms with Crippen molar-refractivity contribution in [2.45, 2.75) is 0 Å². The minimum atomic E-state index is 0.675. The molecule has 0 aliphatic heterocycles. The highest BCUT2D eigenvalue weighted by atomic mass is 16.3. The molecule has 11 aromatic carbocycles. The summed E-state index contributed by atoms with van der Waals surface area (Å²) in [5.41, 5.74) is 18.8. The molecule has 86 heavy (non-hydrogen) atoms. The Bertz CT molecular complexity index is 4540. The molecule has 0 radical (unpaired) electrons. The highest BCUT2D eigenvalue weighted by Gasteiger charge is 2.29. The Kier molecular flexibility index (Phi) is 15.4. The van der Waals surface area contributed by atoms with Gasteiger partial charge < -0.3 is 8.83 Å². The monoisotopic (exact) mass is 1090 g/mol. The third-order valence-corrected chi connectivity index (χ3v) is 14.7. The normalized spacial score (nSPS) is 10.4. The van der Waals surface area contributed by atoms with Crippen molar-refractivity contribution in [2.24, 2.45) is 0 Å². The van der Waals surface area contributed by atoms with Gasteiger partial charge in [0, 0.05) is 94.6 Å². The van der Waals surface area contributed by atoms with Crippen LogP contribution >= 0.6 is 0 Å². The van der Waals surface area contributed by atoms with Crippen molar-refractivity contribution in [1.29, 1.82) is 0 Å². The molecule has 13 aromatic rings. The molecule has 2 heterocycles. The number of terminal acetylenes is 1. The Balaban J connectivity index is 1.03. The molecule has 0 fully saturated rings. The molecule has 13 rings (SSSR count). The predicted molar refractivity (Wildman–Crippen MR) is 352 cm³/mol. The molecule has 0 aliphatic carbocycles. The summed E-state index contributed by atoms with van der Waals surface area (Å²) in [5.74, 6) is 32.5. The van der Waals surface area contributed by atoms with Gasteiger partial charge in [0.1, 0.15) is 23.0 Å². The van der Waals surface area contributed by atoms with Crippen LogP contribution in [0.5, 0.6) is 0 Å². The van der Waals surface area contributed by atoms with Crippen LogP contribution in [0.3, 0.4) is 0 Å². The summed E-state index contributed by atoms with van der Waals surface area (Å²) in [6.07, 6.45) is 6.61. The lowest BCUT2D eigenvalue weighted by Gasteiger charge is -2.14. The van der Waals surface area contributed by atoms with Crippen LogP contribution in [0.15, 0.2) is 306 Å². The number of hydrogen-bond acceptors (Lipinski definition) is 2. The standard InChI is InChI=1S/C84H50O2/c1-2-60-57-75(79-77(69-29-17-7-18-30-69)81(71-49-41-65(42-50-71)37-33-61-21-9-3-10-22-61)85-83(79)73-53-45-67(46-54-73)39-35-63-25-13-5-14-26-63)59-76(58-60)80-78(70-31-19-8-20-32-70)82(72-51-43-66(44-52-72)38-34-62-23-11-4-12-24-62)86-84(80)74-55-47-68(48-56-74)40-36-64-27-15-6-16-28-64/h1,3-32,41-59H. The van der Waals surface area contributed by atoms with E-state index in [-0.39, 0.29) is 0 Å². The van der Waals surface area contributed by atoms with Crippen molar-refractivity contribution in [3.8, 4) is 150 Å². The third kappa shape index (κ3) is 11.9. The van der Waals surface area contributed by atoms with E-state index in [4.69, 9.17) is 15.3 Å². The van der Waals surface area contributed by atoms with E-state index in [0.717, 1.165) is 111 Å². The zero-order valence-electron chi connectivity index (χ0n) is 46.7. The fraction of sp³-hybridized carbons (Fsp3) is 0. The summed E-state index contributed by atoms with van der Waals surface area (Å²) in [6, 6.07) is 100. The molecule has 0 saturated carbocycles. The van der Waals surface area contributed by atoms with Crippen molar-refractivity contribution in [3.63, 3.8) is 0 Å². The van der Waals surface area contributed by atoms with Crippen LogP contribution in [0, 0.1) is 59.7 Å². The maximum absolute atomic E-state index is 7.38. The Morgan fingerprint density at radius 2 is 0.395 bits per heavy atom. The number of hydrogen-bond donors (Lipinski definition) is 0. The van der Waals surface area contributed by atoms with Crippen LogP contribution in [0.25, 0.3) is 89.8 Å². The lowest BCUT2D eigenvalue weighted by Crippen LogP contribution is -1.91. The van der Waals surface area contributed by atoms with E-state index in [0.29, 0.717) is 28.6 Å². The van der Waals surface area contributed by atoms with E-state index in [1.54, 1.807) is 0 Å².